The highest BCUT2D eigenvalue weighted by Gasteiger charge is 2.18. The van der Waals surface area contributed by atoms with Crippen LogP contribution in [0.25, 0.3) is 0 Å². The molecule has 1 heterocycles. The number of amides is 1. The van der Waals surface area contributed by atoms with Crippen molar-refractivity contribution >= 4 is 38.6 Å². The van der Waals surface area contributed by atoms with Gasteiger partial charge in [-0.05, 0) is 74.0 Å². The van der Waals surface area contributed by atoms with Crippen molar-refractivity contribution < 1.29 is 13.2 Å². The molecule has 0 aliphatic rings. The molecule has 0 radical (unpaired) electrons. The molecule has 2 aromatic carbocycles. The van der Waals surface area contributed by atoms with Gasteiger partial charge in [-0.1, -0.05) is 23.8 Å². The maximum absolute atomic E-state index is 12.8. The Hall–Kier alpha value is -2.64. The number of aryl methyl sites for hydroxylation is 4. The minimum atomic E-state index is -3.78. The van der Waals surface area contributed by atoms with Crippen molar-refractivity contribution in [1.29, 1.82) is 0 Å². The number of hydrogen-bond acceptors (Lipinski definition) is 4. The molecule has 7 heteroatoms. The number of anilines is 2. The molecule has 3 aromatic rings. The van der Waals surface area contributed by atoms with E-state index < -0.39 is 10.0 Å². The average molecular weight is 415 g/mol. The second-order valence-electron chi connectivity index (χ2n) is 6.79. The van der Waals surface area contributed by atoms with Crippen molar-refractivity contribution in [3.8, 4) is 0 Å². The largest absolute Gasteiger partial charge is 0.321 e. The molecule has 0 aliphatic heterocycles. The molecular weight excluding hydrogens is 392 g/mol. The SMILES string of the molecule is Cc1ccc(NS(=O)(=O)c2ccc(C)c(NC(=O)c3sccc3C)c2)c(C)c1. The van der Waals surface area contributed by atoms with Crippen LogP contribution in [-0.2, 0) is 10.0 Å². The molecule has 3 rings (SSSR count). The third-order valence-electron chi connectivity index (χ3n) is 4.46. The van der Waals surface area contributed by atoms with Gasteiger partial charge in [-0.3, -0.25) is 9.52 Å². The van der Waals surface area contributed by atoms with E-state index in [1.54, 1.807) is 12.1 Å². The first kappa shape index (κ1) is 20.1. The van der Waals surface area contributed by atoms with E-state index in [0.29, 0.717) is 16.3 Å². The van der Waals surface area contributed by atoms with Crippen molar-refractivity contribution in [2.45, 2.75) is 32.6 Å². The molecule has 0 spiro atoms. The zero-order valence-corrected chi connectivity index (χ0v) is 17.8. The summed E-state index contributed by atoms with van der Waals surface area (Å²) in [4.78, 5) is 13.2. The fourth-order valence-electron chi connectivity index (χ4n) is 2.82. The molecule has 0 saturated heterocycles. The minimum Gasteiger partial charge on any atom is -0.321 e. The lowest BCUT2D eigenvalue weighted by atomic mass is 10.1. The van der Waals surface area contributed by atoms with Crippen LogP contribution in [0.4, 0.5) is 11.4 Å². The Morgan fingerprint density at radius 1 is 0.857 bits per heavy atom. The smallest absolute Gasteiger partial charge is 0.266 e. The van der Waals surface area contributed by atoms with E-state index in [0.717, 1.165) is 22.3 Å². The Morgan fingerprint density at radius 3 is 2.25 bits per heavy atom. The Morgan fingerprint density at radius 2 is 1.61 bits per heavy atom. The maximum atomic E-state index is 12.8. The van der Waals surface area contributed by atoms with Gasteiger partial charge in [0.25, 0.3) is 15.9 Å². The monoisotopic (exact) mass is 414 g/mol. The molecule has 0 unspecified atom stereocenters. The summed E-state index contributed by atoms with van der Waals surface area (Å²) in [5, 5.41) is 4.68. The van der Waals surface area contributed by atoms with E-state index in [1.807, 2.05) is 51.3 Å². The summed E-state index contributed by atoms with van der Waals surface area (Å²) in [5.74, 6) is -0.243. The van der Waals surface area contributed by atoms with Gasteiger partial charge in [0, 0.05) is 5.69 Å². The van der Waals surface area contributed by atoms with Crippen LogP contribution in [0.5, 0.6) is 0 Å². The van der Waals surface area contributed by atoms with E-state index in [9.17, 15) is 13.2 Å². The fourth-order valence-corrected chi connectivity index (χ4v) is 4.80. The number of rotatable bonds is 5. The lowest BCUT2D eigenvalue weighted by Gasteiger charge is -2.14. The molecule has 0 atom stereocenters. The zero-order chi connectivity index (χ0) is 20.5. The lowest BCUT2D eigenvalue weighted by molar-refractivity contribution is 0.103. The van der Waals surface area contributed by atoms with Gasteiger partial charge in [0.15, 0.2) is 0 Å². The van der Waals surface area contributed by atoms with Crippen molar-refractivity contribution in [1.82, 2.24) is 0 Å². The Labute approximate surface area is 169 Å². The van der Waals surface area contributed by atoms with Crippen molar-refractivity contribution in [2.24, 2.45) is 0 Å². The number of benzene rings is 2. The summed E-state index contributed by atoms with van der Waals surface area (Å²) in [6, 6.07) is 12.1. The molecule has 2 N–H and O–H groups in total. The third-order valence-corrected chi connectivity index (χ3v) is 6.84. The normalized spacial score (nSPS) is 11.3. The standard InChI is InChI=1S/C21H22N2O3S2/c1-13-5-8-18(16(4)11-13)23-28(25,26)17-7-6-14(2)19(12-17)22-21(24)20-15(3)9-10-27-20/h5-12,23H,1-4H3,(H,22,24). The number of sulfonamides is 1. The first-order chi connectivity index (χ1) is 13.2. The van der Waals surface area contributed by atoms with Gasteiger partial charge in [-0.15, -0.1) is 11.3 Å². The van der Waals surface area contributed by atoms with Crippen molar-refractivity contribution in [3.63, 3.8) is 0 Å². The number of carbonyl (C=O) groups is 1. The van der Waals surface area contributed by atoms with Gasteiger partial charge in [0.1, 0.15) is 0 Å². The Kier molecular flexibility index (Phi) is 5.58. The van der Waals surface area contributed by atoms with Crippen LogP contribution in [0.2, 0.25) is 0 Å². The van der Waals surface area contributed by atoms with E-state index in [4.69, 9.17) is 0 Å². The summed E-state index contributed by atoms with van der Waals surface area (Å²) >= 11 is 1.35. The highest BCUT2D eigenvalue weighted by atomic mass is 32.2. The van der Waals surface area contributed by atoms with Gasteiger partial charge >= 0.3 is 0 Å². The van der Waals surface area contributed by atoms with Crippen LogP contribution in [-0.4, -0.2) is 14.3 Å². The number of carbonyl (C=O) groups excluding carboxylic acids is 1. The van der Waals surface area contributed by atoms with Gasteiger partial charge in [0.05, 0.1) is 15.5 Å². The van der Waals surface area contributed by atoms with Gasteiger partial charge < -0.3 is 5.32 Å². The quantitative estimate of drug-likeness (QED) is 0.614. The van der Waals surface area contributed by atoms with Crippen LogP contribution in [0, 0.1) is 27.7 Å². The summed E-state index contributed by atoms with van der Waals surface area (Å²) in [5.41, 5.74) is 4.59. The number of thiophene rings is 1. The molecular formula is C21H22N2O3S2. The van der Waals surface area contributed by atoms with Gasteiger partial charge in [-0.25, -0.2) is 8.42 Å². The number of nitrogens with one attached hydrogen (secondary N) is 2. The van der Waals surface area contributed by atoms with E-state index in [2.05, 4.69) is 10.0 Å². The van der Waals surface area contributed by atoms with Crippen molar-refractivity contribution in [3.05, 3.63) is 75.0 Å². The fraction of sp³-hybridized carbons (Fsp3) is 0.190. The summed E-state index contributed by atoms with van der Waals surface area (Å²) in [6.45, 7) is 7.50. The van der Waals surface area contributed by atoms with E-state index in [1.165, 1.54) is 23.5 Å². The maximum Gasteiger partial charge on any atom is 0.266 e. The number of hydrogen-bond donors (Lipinski definition) is 2. The minimum absolute atomic E-state index is 0.0938. The summed E-state index contributed by atoms with van der Waals surface area (Å²) in [7, 11) is -3.78. The first-order valence-corrected chi connectivity index (χ1v) is 11.1. The highest BCUT2D eigenvalue weighted by Crippen LogP contribution is 2.25. The lowest BCUT2D eigenvalue weighted by Crippen LogP contribution is -2.16. The first-order valence-electron chi connectivity index (χ1n) is 8.73. The molecule has 0 saturated carbocycles. The molecule has 0 bridgehead atoms. The summed E-state index contributed by atoms with van der Waals surface area (Å²) < 4.78 is 28.3. The average Bonchev–Trinajstić information content (AvgIpc) is 3.05. The second kappa shape index (κ2) is 7.77. The second-order valence-corrected chi connectivity index (χ2v) is 9.39. The van der Waals surface area contributed by atoms with E-state index >= 15 is 0 Å². The third kappa shape index (κ3) is 4.26. The molecule has 0 aliphatic carbocycles. The molecule has 146 valence electrons. The van der Waals surface area contributed by atoms with Gasteiger partial charge in [-0.2, -0.15) is 0 Å². The molecule has 28 heavy (non-hydrogen) atoms. The topological polar surface area (TPSA) is 75.3 Å². The van der Waals surface area contributed by atoms with Crippen LogP contribution in [0.1, 0.15) is 31.9 Å². The van der Waals surface area contributed by atoms with Crippen molar-refractivity contribution in [2.75, 3.05) is 10.0 Å². The molecule has 5 nitrogen and oxygen atoms in total. The van der Waals surface area contributed by atoms with E-state index in [-0.39, 0.29) is 10.8 Å². The molecule has 1 amide bonds. The highest BCUT2D eigenvalue weighted by molar-refractivity contribution is 7.92. The van der Waals surface area contributed by atoms with Crippen LogP contribution in [0.3, 0.4) is 0 Å². The predicted molar refractivity (Wildman–Crippen MR) is 115 cm³/mol. The van der Waals surface area contributed by atoms with Crippen LogP contribution in [0.15, 0.2) is 52.7 Å². The molecule has 0 fully saturated rings. The predicted octanol–water partition coefficient (Wildman–Crippen LogP) is 5.03. The van der Waals surface area contributed by atoms with Gasteiger partial charge in [0.2, 0.25) is 0 Å². The van der Waals surface area contributed by atoms with Crippen LogP contribution >= 0.6 is 11.3 Å². The van der Waals surface area contributed by atoms with Crippen LogP contribution < -0.4 is 10.0 Å². The Balaban J connectivity index is 1.89. The Bertz CT molecular complexity index is 1150. The summed E-state index contributed by atoms with van der Waals surface area (Å²) in [6.07, 6.45) is 0. The zero-order valence-electron chi connectivity index (χ0n) is 16.2. The molecule has 1 aromatic heterocycles.